The van der Waals surface area contributed by atoms with E-state index in [1.165, 1.54) is 22.0 Å². The first kappa shape index (κ1) is 17.1. The van der Waals surface area contributed by atoms with Crippen molar-refractivity contribution in [2.75, 3.05) is 11.9 Å². The number of hydrogen-bond acceptors (Lipinski definition) is 6. The number of nitrogens with zero attached hydrogens (tertiary/aromatic N) is 2. The molecule has 1 atom stereocenters. The highest BCUT2D eigenvalue weighted by Gasteiger charge is 2.25. The first-order valence-electron chi connectivity index (χ1n) is 8.43. The van der Waals surface area contributed by atoms with Crippen molar-refractivity contribution < 1.29 is 4.79 Å². The molecule has 7 heteroatoms. The molecule has 1 aliphatic heterocycles. The highest BCUT2D eigenvalue weighted by atomic mass is 32.2. The number of amidine groups is 1. The minimum atomic E-state index is -0.161. The Labute approximate surface area is 159 Å². The maximum Gasteiger partial charge on any atom is 0.218 e. The van der Waals surface area contributed by atoms with Crippen LogP contribution in [0.2, 0.25) is 0 Å². The number of aromatic nitrogens is 1. The van der Waals surface area contributed by atoms with Gasteiger partial charge in [0, 0.05) is 6.54 Å². The summed E-state index contributed by atoms with van der Waals surface area (Å²) in [5, 5.41) is 8.21. The molecule has 2 heterocycles. The minimum absolute atomic E-state index is 0.112. The Kier molecular flexibility index (Phi) is 4.90. The van der Waals surface area contributed by atoms with E-state index < -0.39 is 0 Å². The van der Waals surface area contributed by atoms with Crippen molar-refractivity contribution in [2.24, 2.45) is 4.99 Å². The van der Waals surface area contributed by atoms with E-state index >= 15 is 0 Å². The summed E-state index contributed by atoms with van der Waals surface area (Å²) in [4.78, 5) is 20.6. The van der Waals surface area contributed by atoms with Crippen LogP contribution in [0.1, 0.15) is 12.5 Å². The predicted molar refractivity (Wildman–Crippen MR) is 111 cm³/mol. The molecule has 0 aliphatic carbocycles. The summed E-state index contributed by atoms with van der Waals surface area (Å²) in [5.41, 5.74) is 3.12. The molecule has 0 saturated carbocycles. The number of hydrogen-bond donors (Lipinski definition) is 2. The van der Waals surface area contributed by atoms with Gasteiger partial charge in [0.1, 0.15) is 0 Å². The molecular formula is C19H18N4OS2. The lowest BCUT2D eigenvalue weighted by molar-refractivity contribution is -0.111. The smallest absolute Gasteiger partial charge is 0.218 e. The third-order valence-electron chi connectivity index (χ3n) is 4.04. The van der Waals surface area contributed by atoms with Gasteiger partial charge in [0.2, 0.25) is 5.12 Å². The number of carbonyl (C=O) groups is 1. The fourth-order valence-corrected chi connectivity index (χ4v) is 4.33. The summed E-state index contributed by atoms with van der Waals surface area (Å²) < 4.78 is 1.20. The fourth-order valence-electron chi connectivity index (χ4n) is 2.63. The lowest BCUT2D eigenvalue weighted by Crippen LogP contribution is -2.25. The molecule has 0 unspecified atom stereocenters. The third kappa shape index (κ3) is 3.89. The average Bonchev–Trinajstić information content (AvgIpc) is 3.19. The molecule has 1 aliphatic rings. The molecule has 0 bridgehead atoms. The van der Waals surface area contributed by atoms with Crippen molar-refractivity contribution in [3.8, 4) is 0 Å². The Hall–Kier alpha value is -2.38. The van der Waals surface area contributed by atoms with Gasteiger partial charge in [-0.05, 0) is 54.9 Å². The van der Waals surface area contributed by atoms with Crippen LogP contribution >= 0.6 is 23.1 Å². The van der Waals surface area contributed by atoms with Crippen LogP contribution < -0.4 is 10.6 Å². The largest absolute Gasteiger partial charge is 0.361 e. The van der Waals surface area contributed by atoms with E-state index in [4.69, 9.17) is 0 Å². The molecule has 2 aromatic carbocycles. The molecule has 0 radical (unpaired) electrons. The van der Waals surface area contributed by atoms with Gasteiger partial charge in [-0.15, -0.1) is 0 Å². The van der Waals surface area contributed by atoms with Crippen LogP contribution in [0.5, 0.6) is 0 Å². The minimum Gasteiger partial charge on any atom is -0.361 e. The fraction of sp³-hybridized carbons (Fsp3) is 0.211. The van der Waals surface area contributed by atoms with Crippen molar-refractivity contribution in [3.05, 3.63) is 54.1 Å². The van der Waals surface area contributed by atoms with Gasteiger partial charge in [0.05, 0.1) is 21.9 Å². The van der Waals surface area contributed by atoms with Crippen LogP contribution in [0.4, 0.5) is 10.8 Å². The number of para-hydroxylation sites is 1. The summed E-state index contributed by atoms with van der Waals surface area (Å²) in [7, 11) is 0. The zero-order chi connectivity index (χ0) is 17.9. The first-order valence-corrected chi connectivity index (χ1v) is 10.1. The van der Waals surface area contributed by atoms with Gasteiger partial charge in [-0.1, -0.05) is 35.6 Å². The van der Waals surface area contributed by atoms with Crippen LogP contribution in [0.3, 0.4) is 0 Å². The van der Waals surface area contributed by atoms with Gasteiger partial charge in [0.15, 0.2) is 10.3 Å². The van der Waals surface area contributed by atoms with E-state index in [1.807, 2.05) is 37.3 Å². The Bertz CT molecular complexity index is 932. The van der Waals surface area contributed by atoms with E-state index in [0.29, 0.717) is 5.17 Å². The number of nitrogens with one attached hydrogen (secondary N) is 2. The molecule has 0 amide bonds. The molecule has 1 aromatic heterocycles. The average molecular weight is 383 g/mol. The number of fused-ring (bicyclic) bond motifs is 1. The van der Waals surface area contributed by atoms with E-state index in [-0.39, 0.29) is 11.2 Å². The molecule has 5 nitrogen and oxygen atoms in total. The Morgan fingerprint density at radius 3 is 2.73 bits per heavy atom. The molecule has 132 valence electrons. The quantitative estimate of drug-likeness (QED) is 0.693. The lowest BCUT2D eigenvalue weighted by atomic mass is 10.1. The molecular weight excluding hydrogens is 364 g/mol. The van der Waals surface area contributed by atoms with Crippen LogP contribution in [-0.4, -0.2) is 27.9 Å². The van der Waals surface area contributed by atoms with Crippen molar-refractivity contribution in [1.29, 1.82) is 0 Å². The normalized spacial score (nSPS) is 18.4. The van der Waals surface area contributed by atoms with E-state index in [9.17, 15) is 4.79 Å². The lowest BCUT2D eigenvalue weighted by Gasteiger charge is -2.04. The second-order valence-electron chi connectivity index (χ2n) is 6.03. The number of rotatable bonds is 5. The summed E-state index contributed by atoms with van der Waals surface area (Å²) in [6, 6.07) is 16.1. The summed E-state index contributed by atoms with van der Waals surface area (Å²) in [6.07, 6.45) is 0.912. The maximum atomic E-state index is 11.5. The van der Waals surface area contributed by atoms with Crippen molar-refractivity contribution in [1.82, 2.24) is 10.3 Å². The summed E-state index contributed by atoms with van der Waals surface area (Å²) >= 11 is 2.85. The number of thiazole rings is 1. The topological polar surface area (TPSA) is 66.4 Å². The zero-order valence-corrected chi connectivity index (χ0v) is 15.9. The van der Waals surface area contributed by atoms with Gasteiger partial charge in [-0.25, -0.2) is 9.98 Å². The van der Waals surface area contributed by atoms with E-state index in [1.54, 1.807) is 11.3 Å². The van der Waals surface area contributed by atoms with Crippen LogP contribution in [-0.2, 0) is 11.2 Å². The number of anilines is 1. The van der Waals surface area contributed by atoms with E-state index in [0.717, 1.165) is 29.3 Å². The van der Waals surface area contributed by atoms with Gasteiger partial charge < -0.3 is 10.6 Å². The van der Waals surface area contributed by atoms with Gasteiger partial charge in [-0.3, -0.25) is 4.79 Å². The van der Waals surface area contributed by atoms with Crippen molar-refractivity contribution in [3.63, 3.8) is 0 Å². The highest BCUT2D eigenvalue weighted by molar-refractivity contribution is 8.27. The van der Waals surface area contributed by atoms with Crippen LogP contribution in [0.15, 0.2) is 53.5 Å². The molecule has 2 N–H and O–H groups in total. The first-order chi connectivity index (χ1) is 12.7. The van der Waals surface area contributed by atoms with Crippen molar-refractivity contribution >= 4 is 54.4 Å². The number of carbonyl (C=O) groups excluding carboxylic acids is 1. The Morgan fingerprint density at radius 2 is 2.00 bits per heavy atom. The Balaban J connectivity index is 1.33. The molecule has 0 spiro atoms. The van der Waals surface area contributed by atoms with Crippen LogP contribution in [0, 0.1) is 0 Å². The predicted octanol–water partition coefficient (Wildman–Crippen LogP) is 4.19. The van der Waals surface area contributed by atoms with E-state index in [2.05, 4.69) is 38.8 Å². The summed E-state index contributed by atoms with van der Waals surface area (Å²) in [5.74, 6) is 0. The van der Waals surface area contributed by atoms with Gasteiger partial charge >= 0.3 is 0 Å². The van der Waals surface area contributed by atoms with Crippen LogP contribution in [0.25, 0.3) is 10.2 Å². The maximum absolute atomic E-state index is 11.5. The van der Waals surface area contributed by atoms with Gasteiger partial charge in [0.25, 0.3) is 0 Å². The SMILES string of the molecule is C[C@@H]1N/C(=N/c2ccc(CCNc3nc4ccccc4s3)cc2)SC1=O. The molecule has 4 rings (SSSR count). The van der Waals surface area contributed by atoms with Crippen molar-refractivity contribution in [2.45, 2.75) is 19.4 Å². The number of aliphatic imine (C=N–C) groups is 1. The molecule has 3 aromatic rings. The molecule has 1 fully saturated rings. The number of benzene rings is 2. The second kappa shape index (κ2) is 7.47. The Morgan fingerprint density at radius 1 is 1.19 bits per heavy atom. The molecule has 1 saturated heterocycles. The zero-order valence-electron chi connectivity index (χ0n) is 14.2. The molecule has 26 heavy (non-hydrogen) atoms. The van der Waals surface area contributed by atoms with Gasteiger partial charge in [-0.2, -0.15) is 0 Å². The highest BCUT2D eigenvalue weighted by Crippen LogP contribution is 2.25. The summed E-state index contributed by atoms with van der Waals surface area (Å²) in [6.45, 7) is 2.68. The second-order valence-corrected chi connectivity index (χ2v) is 8.06. The monoisotopic (exact) mass is 382 g/mol. The number of thioether (sulfide) groups is 1. The third-order valence-corrected chi connectivity index (χ3v) is 5.99. The standard InChI is InChI=1S/C19H18N4OS2/c1-12-17(24)26-19(21-12)22-14-8-6-13(7-9-14)10-11-20-18-23-15-4-2-3-5-16(15)25-18/h2-9,12H,10-11H2,1H3,(H,20,23)(H,21,22)/t12-/m0/s1.